The summed E-state index contributed by atoms with van der Waals surface area (Å²) in [5.74, 6) is -0.490. The number of fused-ring (bicyclic) bond motifs is 1. The van der Waals surface area contributed by atoms with Gasteiger partial charge in [-0.25, -0.2) is 4.79 Å². The van der Waals surface area contributed by atoms with Crippen molar-refractivity contribution in [2.24, 2.45) is 11.8 Å². The van der Waals surface area contributed by atoms with Gasteiger partial charge in [-0.05, 0) is 51.4 Å². The van der Waals surface area contributed by atoms with Crippen molar-refractivity contribution in [2.75, 3.05) is 6.61 Å². The van der Waals surface area contributed by atoms with Gasteiger partial charge in [0.1, 0.15) is 0 Å². The highest BCUT2D eigenvalue weighted by Gasteiger charge is 2.38. The Morgan fingerprint density at radius 2 is 1.73 bits per heavy atom. The number of nitrogens with one attached hydrogen (secondary N) is 2. The van der Waals surface area contributed by atoms with E-state index in [0.29, 0.717) is 24.9 Å². The molecule has 6 heteroatoms. The smallest absolute Gasteiger partial charge is 0.315 e. The van der Waals surface area contributed by atoms with E-state index < -0.39 is 5.97 Å². The highest BCUT2D eigenvalue weighted by atomic mass is 16.5. The lowest BCUT2D eigenvalue weighted by Gasteiger charge is -2.34. The summed E-state index contributed by atoms with van der Waals surface area (Å²) in [6, 6.07) is 0.225. The van der Waals surface area contributed by atoms with Gasteiger partial charge in [0.05, 0.1) is 12.0 Å². The molecule has 2 amide bonds. The first-order valence-electron chi connectivity index (χ1n) is 8.55. The Balaban J connectivity index is 1.44. The Bertz CT molecular complexity index is 420. The van der Waals surface area contributed by atoms with Crippen LogP contribution >= 0.6 is 0 Å². The van der Waals surface area contributed by atoms with Crippen molar-refractivity contribution in [1.29, 1.82) is 0 Å². The van der Waals surface area contributed by atoms with Gasteiger partial charge in [0.15, 0.2) is 0 Å². The van der Waals surface area contributed by atoms with E-state index in [0.717, 1.165) is 45.1 Å². The van der Waals surface area contributed by atoms with Crippen molar-refractivity contribution < 1.29 is 19.4 Å². The summed E-state index contributed by atoms with van der Waals surface area (Å²) in [6.45, 7) is 0.814. The average molecular weight is 310 g/mol. The zero-order valence-electron chi connectivity index (χ0n) is 12.9. The number of ether oxygens (including phenoxy) is 1. The van der Waals surface area contributed by atoms with Gasteiger partial charge in [-0.2, -0.15) is 0 Å². The summed E-state index contributed by atoms with van der Waals surface area (Å²) < 4.78 is 5.73. The van der Waals surface area contributed by atoms with Crippen molar-refractivity contribution >= 4 is 12.0 Å². The van der Waals surface area contributed by atoms with Crippen LogP contribution in [0.1, 0.15) is 51.4 Å². The lowest BCUT2D eigenvalue weighted by Crippen LogP contribution is -2.51. The first kappa shape index (κ1) is 15.6. The Hall–Kier alpha value is -1.30. The number of carbonyl (C=O) groups excluding carboxylic acids is 1. The molecule has 3 unspecified atom stereocenters. The minimum absolute atomic E-state index is 0.101. The summed E-state index contributed by atoms with van der Waals surface area (Å²) >= 11 is 0. The fourth-order valence-electron chi connectivity index (χ4n) is 4.24. The number of rotatable bonds is 3. The SMILES string of the molecule is O=C(NC1CCC(C(=O)O)CC1)NC1CCCC2OCCC12. The van der Waals surface area contributed by atoms with Crippen molar-refractivity contribution in [3.63, 3.8) is 0 Å². The van der Waals surface area contributed by atoms with E-state index in [2.05, 4.69) is 10.6 Å². The van der Waals surface area contributed by atoms with Crippen LogP contribution in [-0.4, -0.2) is 41.9 Å². The van der Waals surface area contributed by atoms with E-state index in [4.69, 9.17) is 9.84 Å². The van der Waals surface area contributed by atoms with Crippen molar-refractivity contribution in [3.05, 3.63) is 0 Å². The maximum Gasteiger partial charge on any atom is 0.315 e. The molecule has 0 bridgehead atoms. The zero-order chi connectivity index (χ0) is 15.5. The van der Waals surface area contributed by atoms with Crippen molar-refractivity contribution in [3.8, 4) is 0 Å². The molecule has 2 aliphatic carbocycles. The molecule has 0 aromatic rings. The molecule has 0 spiro atoms. The van der Waals surface area contributed by atoms with Crippen LogP contribution in [0.25, 0.3) is 0 Å². The summed E-state index contributed by atoms with van der Waals surface area (Å²) in [6.07, 6.45) is 7.44. The Labute approximate surface area is 131 Å². The van der Waals surface area contributed by atoms with E-state index in [1.54, 1.807) is 0 Å². The van der Waals surface area contributed by atoms with Crippen LogP contribution in [0.2, 0.25) is 0 Å². The van der Waals surface area contributed by atoms with Gasteiger partial charge in [0.25, 0.3) is 0 Å². The molecular weight excluding hydrogens is 284 g/mol. The fourth-order valence-corrected chi connectivity index (χ4v) is 4.24. The molecule has 3 aliphatic rings. The van der Waals surface area contributed by atoms with Crippen LogP contribution in [-0.2, 0) is 9.53 Å². The van der Waals surface area contributed by atoms with Crippen molar-refractivity contribution in [1.82, 2.24) is 10.6 Å². The van der Waals surface area contributed by atoms with Crippen LogP contribution in [0.3, 0.4) is 0 Å². The molecule has 2 saturated carbocycles. The van der Waals surface area contributed by atoms with Gasteiger partial charge < -0.3 is 20.5 Å². The van der Waals surface area contributed by atoms with E-state index in [-0.39, 0.29) is 24.0 Å². The molecule has 3 rings (SSSR count). The normalized spacial score (nSPS) is 38.1. The first-order chi connectivity index (χ1) is 10.6. The van der Waals surface area contributed by atoms with Gasteiger partial charge in [0, 0.05) is 24.6 Å². The molecule has 1 aliphatic heterocycles. The minimum Gasteiger partial charge on any atom is -0.481 e. The van der Waals surface area contributed by atoms with E-state index in [9.17, 15) is 9.59 Å². The topological polar surface area (TPSA) is 87.7 Å². The third-order valence-electron chi connectivity index (χ3n) is 5.51. The lowest BCUT2D eigenvalue weighted by atomic mass is 9.82. The number of hydrogen-bond acceptors (Lipinski definition) is 3. The largest absolute Gasteiger partial charge is 0.481 e. The third-order valence-corrected chi connectivity index (χ3v) is 5.51. The maximum atomic E-state index is 12.2. The summed E-state index contributed by atoms with van der Waals surface area (Å²) in [7, 11) is 0. The predicted molar refractivity (Wildman–Crippen MR) is 80.5 cm³/mol. The number of amides is 2. The Kier molecular flexibility index (Phi) is 4.86. The van der Waals surface area contributed by atoms with Crippen LogP contribution in [0.5, 0.6) is 0 Å². The molecule has 124 valence electrons. The van der Waals surface area contributed by atoms with E-state index in [1.807, 2.05) is 0 Å². The number of carbonyl (C=O) groups is 2. The van der Waals surface area contributed by atoms with Crippen LogP contribution in [0.4, 0.5) is 4.79 Å². The lowest BCUT2D eigenvalue weighted by molar-refractivity contribution is -0.142. The molecule has 1 heterocycles. The molecule has 0 radical (unpaired) electrons. The van der Waals surface area contributed by atoms with Crippen LogP contribution in [0.15, 0.2) is 0 Å². The Morgan fingerprint density at radius 1 is 0.955 bits per heavy atom. The summed E-state index contributed by atoms with van der Waals surface area (Å²) in [5, 5.41) is 15.1. The van der Waals surface area contributed by atoms with Crippen molar-refractivity contribution in [2.45, 2.75) is 69.6 Å². The predicted octanol–water partition coefficient (Wildman–Crippen LogP) is 1.89. The van der Waals surface area contributed by atoms with Gasteiger partial charge >= 0.3 is 12.0 Å². The Morgan fingerprint density at radius 3 is 2.45 bits per heavy atom. The van der Waals surface area contributed by atoms with Crippen LogP contribution in [0, 0.1) is 11.8 Å². The molecule has 3 fully saturated rings. The molecule has 22 heavy (non-hydrogen) atoms. The van der Waals surface area contributed by atoms with Crippen LogP contribution < -0.4 is 10.6 Å². The fraction of sp³-hybridized carbons (Fsp3) is 0.875. The zero-order valence-corrected chi connectivity index (χ0v) is 12.9. The van der Waals surface area contributed by atoms with Gasteiger partial charge in [0.2, 0.25) is 0 Å². The monoisotopic (exact) mass is 310 g/mol. The van der Waals surface area contributed by atoms with Gasteiger partial charge in [-0.3, -0.25) is 4.79 Å². The second kappa shape index (κ2) is 6.86. The minimum atomic E-state index is -0.711. The number of hydrogen-bond donors (Lipinski definition) is 3. The second-order valence-corrected chi connectivity index (χ2v) is 6.90. The standard InChI is InChI=1S/C16H26N2O4/c19-15(20)10-4-6-11(7-5-10)17-16(21)18-13-2-1-3-14-12(13)8-9-22-14/h10-14H,1-9H2,(H,19,20)(H2,17,18,21). The number of carboxylic acid groups (broad SMARTS) is 1. The quantitative estimate of drug-likeness (QED) is 0.743. The number of urea groups is 1. The number of carboxylic acids is 1. The molecular formula is C16H26N2O4. The number of aliphatic carboxylic acids is 1. The highest BCUT2D eigenvalue weighted by Crippen LogP contribution is 2.34. The molecule has 0 aromatic carbocycles. The maximum absolute atomic E-state index is 12.2. The molecule has 3 N–H and O–H groups in total. The summed E-state index contributed by atoms with van der Waals surface area (Å²) in [4.78, 5) is 23.1. The second-order valence-electron chi connectivity index (χ2n) is 6.90. The molecule has 0 aromatic heterocycles. The molecule has 3 atom stereocenters. The van der Waals surface area contributed by atoms with E-state index >= 15 is 0 Å². The first-order valence-corrected chi connectivity index (χ1v) is 8.55. The average Bonchev–Trinajstić information content (AvgIpc) is 2.97. The molecule has 6 nitrogen and oxygen atoms in total. The highest BCUT2D eigenvalue weighted by molar-refractivity contribution is 5.75. The van der Waals surface area contributed by atoms with Gasteiger partial charge in [-0.15, -0.1) is 0 Å². The van der Waals surface area contributed by atoms with Gasteiger partial charge in [-0.1, -0.05) is 0 Å². The molecule has 1 saturated heterocycles. The summed E-state index contributed by atoms with van der Waals surface area (Å²) in [5.41, 5.74) is 0. The third kappa shape index (κ3) is 3.54. The van der Waals surface area contributed by atoms with E-state index in [1.165, 1.54) is 0 Å².